The van der Waals surface area contributed by atoms with E-state index in [-0.39, 0.29) is 29.8 Å². The first-order chi connectivity index (χ1) is 18.5. The molecule has 2 aliphatic heterocycles. The Morgan fingerprint density at radius 2 is 1.03 bits per heavy atom. The molecule has 0 saturated carbocycles. The van der Waals surface area contributed by atoms with Crippen LogP contribution in [0.2, 0.25) is 0 Å². The van der Waals surface area contributed by atoms with Gasteiger partial charge < -0.3 is 14.2 Å². The summed E-state index contributed by atoms with van der Waals surface area (Å²) in [5.41, 5.74) is 0.395. The Morgan fingerprint density at radius 3 is 1.47 bits per heavy atom. The van der Waals surface area contributed by atoms with Crippen molar-refractivity contribution in [1.82, 2.24) is 0 Å². The fourth-order valence-corrected chi connectivity index (χ4v) is 11.8. The van der Waals surface area contributed by atoms with E-state index in [1.165, 1.54) is 21.2 Å². The number of ether oxygens (including phenoxy) is 3. The molecule has 0 bridgehead atoms. The van der Waals surface area contributed by atoms with Crippen LogP contribution < -0.4 is 21.2 Å². The molecule has 5 atom stereocenters. The Bertz CT molecular complexity index is 1240. The smallest absolute Gasteiger partial charge is 0.188 e. The van der Waals surface area contributed by atoms with Crippen LogP contribution in [0.3, 0.4) is 0 Å². The molecule has 0 radical (unpaired) electrons. The van der Waals surface area contributed by atoms with Crippen molar-refractivity contribution in [1.29, 1.82) is 0 Å². The van der Waals surface area contributed by atoms with Gasteiger partial charge in [-0.15, -0.1) is 0 Å². The molecule has 2 fully saturated rings. The molecule has 6 rings (SSSR count). The van der Waals surface area contributed by atoms with Gasteiger partial charge in [-0.2, -0.15) is 0 Å². The van der Waals surface area contributed by atoms with E-state index in [2.05, 4.69) is 128 Å². The molecule has 2 aliphatic rings. The van der Waals surface area contributed by atoms with E-state index in [0.29, 0.717) is 0 Å². The lowest BCUT2D eigenvalue weighted by atomic mass is 10.1. The van der Waals surface area contributed by atoms with E-state index in [9.17, 15) is 0 Å². The van der Waals surface area contributed by atoms with Crippen LogP contribution in [-0.4, -0.2) is 35.6 Å². The second kappa shape index (κ2) is 11.0. The van der Waals surface area contributed by atoms with E-state index < -0.39 is 21.6 Å². The fourth-order valence-electron chi connectivity index (χ4n) is 5.82. The largest absolute Gasteiger partial charge is 0.345 e. The molecule has 0 unspecified atom stereocenters. The molecule has 2 saturated heterocycles. The molecule has 0 amide bonds. The van der Waals surface area contributed by atoms with Crippen LogP contribution in [0, 0.1) is 0 Å². The summed E-state index contributed by atoms with van der Waals surface area (Å²) in [6.07, 6.45) is -0.533. The maximum absolute atomic E-state index is 6.93. The molecule has 2 heterocycles. The third kappa shape index (κ3) is 5.12. The second-order valence-corrected chi connectivity index (χ2v) is 15.3. The first-order valence-corrected chi connectivity index (χ1v) is 16.1. The summed E-state index contributed by atoms with van der Waals surface area (Å²) in [6, 6.07) is 43.7. The van der Waals surface area contributed by atoms with Gasteiger partial charge in [0, 0.05) is 11.3 Å². The number of benzene rings is 4. The monoisotopic (exact) mass is 540 g/mol. The Balaban J connectivity index is 1.47. The molecule has 5 heteroatoms. The van der Waals surface area contributed by atoms with Crippen molar-refractivity contribution in [3.8, 4) is 0 Å². The number of hydrogen-bond donors (Lipinski definition) is 0. The van der Waals surface area contributed by atoms with Crippen LogP contribution in [0.5, 0.6) is 0 Å². The van der Waals surface area contributed by atoms with Gasteiger partial charge in [0.15, 0.2) is 12.1 Å². The van der Waals surface area contributed by atoms with Crippen molar-refractivity contribution in [2.24, 2.45) is 0 Å². The summed E-state index contributed by atoms with van der Waals surface area (Å²) >= 11 is 0. The number of fused-ring (bicyclic) bond motifs is 1. The maximum atomic E-state index is 6.93. The molecule has 4 aromatic rings. The summed E-state index contributed by atoms with van der Waals surface area (Å²) in [5, 5.41) is 5.42. The topological polar surface area (TPSA) is 27.7 Å². The standard InChI is InChI=1S/C33H34O3P2/c1-24(37(25-16-8-4-9-17-25)26-18-10-5-11-19-26)29-31(30-32(34-29)36-33(2,3)35-30)38(27-20-12-6-13-21-27)28-22-14-7-15-23-28/h4-24,29-32H,1-3H3/t24-,29-,30-,31+,32-/m0/s1. The van der Waals surface area contributed by atoms with Crippen LogP contribution in [0.15, 0.2) is 121 Å². The summed E-state index contributed by atoms with van der Waals surface area (Å²) in [6.45, 7) is 6.37. The number of hydrogen-bond acceptors (Lipinski definition) is 3. The molecule has 4 aromatic carbocycles. The minimum Gasteiger partial charge on any atom is -0.345 e. The van der Waals surface area contributed by atoms with Gasteiger partial charge in [-0.1, -0.05) is 128 Å². The second-order valence-electron chi connectivity index (χ2n) is 10.4. The van der Waals surface area contributed by atoms with Gasteiger partial charge >= 0.3 is 0 Å². The van der Waals surface area contributed by atoms with Gasteiger partial charge in [0.1, 0.15) is 6.10 Å². The molecule has 0 spiro atoms. The van der Waals surface area contributed by atoms with Gasteiger partial charge in [-0.3, -0.25) is 0 Å². The van der Waals surface area contributed by atoms with Gasteiger partial charge in [0.25, 0.3) is 0 Å². The Hall–Kier alpha value is -2.38. The average molecular weight is 541 g/mol. The molecule has 194 valence electrons. The van der Waals surface area contributed by atoms with Crippen LogP contribution >= 0.6 is 15.8 Å². The van der Waals surface area contributed by atoms with E-state index in [0.717, 1.165) is 0 Å². The van der Waals surface area contributed by atoms with Gasteiger partial charge in [0.2, 0.25) is 0 Å². The van der Waals surface area contributed by atoms with Crippen molar-refractivity contribution < 1.29 is 14.2 Å². The summed E-state index contributed by atoms with van der Waals surface area (Å²) in [5.74, 6) is -0.667. The lowest BCUT2D eigenvalue weighted by molar-refractivity contribution is -0.203. The zero-order valence-corrected chi connectivity index (χ0v) is 23.8. The first-order valence-electron chi connectivity index (χ1n) is 13.3. The van der Waals surface area contributed by atoms with E-state index in [1.807, 2.05) is 13.8 Å². The minimum absolute atomic E-state index is 0.0286. The lowest BCUT2D eigenvalue weighted by Crippen LogP contribution is -2.43. The van der Waals surface area contributed by atoms with Crippen LogP contribution in [0.4, 0.5) is 0 Å². The Kier molecular flexibility index (Phi) is 7.50. The highest BCUT2D eigenvalue weighted by atomic mass is 31.1. The molecule has 0 aliphatic carbocycles. The van der Waals surface area contributed by atoms with Crippen molar-refractivity contribution >= 4 is 37.1 Å². The van der Waals surface area contributed by atoms with E-state index in [4.69, 9.17) is 14.2 Å². The van der Waals surface area contributed by atoms with Gasteiger partial charge in [0.05, 0.1) is 6.10 Å². The SMILES string of the molecule is C[C@@H]([C@@H]1O[C@H]2OC(C)(C)O[C@H]2[C@@H]1P(c1ccccc1)c1ccccc1)P(c1ccccc1)c1ccccc1. The third-order valence-electron chi connectivity index (χ3n) is 7.37. The lowest BCUT2D eigenvalue weighted by Gasteiger charge is -2.38. The fraction of sp³-hybridized carbons (Fsp3) is 0.273. The van der Waals surface area contributed by atoms with Crippen molar-refractivity contribution in [3.63, 3.8) is 0 Å². The Labute approximate surface area is 228 Å². The normalized spacial score (nSPS) is 25.0. The quantitative estimate of drug-likeness (QED) is 0.274. The summed E-state index contributed by atoms with van der Waals surface area (Å²) in [4.78, 5) is 0. The predicted octanol–water partition coefficient (Wildman–Crippen LogP) is 5.89. The summed E-state index contributed by atoms with van der Waals surface area (Å²) in [7, 11) is -1.46. The van der Waals surface area contributed by atoms with Crippen LogP contribution in [0.25, 0.3) is 0 Å². The first kappa shape index (κ1) is 25.9. The van der Waals surface area contributed by atoms with E-state index in [1.54, 1.807) is 0 Å². The van der Waals surface area contributed by atoms with Crippen molar-refractivity contribution in [2.75, 3.05) is 0 Å². The third-order valence-corrected chi connectivity index (χ3v) is 13.1. The molecular formula is C33H34O3P2. The molecule has 3 nitrogen and oxygen atoms in total. The van der Waals surface area contributed by atoms with Crippen molar-refractivity contribution in [3.05, 3.63) is 121 Å². The molecule has 38 heavy (non-hydrogen) atoms. The van der Waals surface area contributed by atoms with Crippen LogP contribution in [-0.2, 0) is 14.2 Å². The van der Waals surface area contributed by atoms with Gasteiger partial charge in [-0.05, 0) is 50.9 Å². The number of rotatable bonds is 7. The highest BCUT2D eigenvalue weighted by molar-refractivity contribution is 7.74. The zero-order chi connectivity index (χ0) is 26.1. The van der Waals surface area contributed by atoms with E-state index >= 15 is 0 Å². The van der Waals surface area contributed by atoms with Gasteiger partial charge in [-0.25, -0.2) is 0 Å². The molecule has 0 aromatic heterocycles. The summed E-state index contributed by atoms with van der Waals surface area (Å²) < 4.78 is 20.0. The Morgan fingerprint density at radius 1 is 0.605 bits per heavy atom. The van der Waals surface area contributed by atoms with Crippen molar-refractivity contribution in [2.45, 2.75) is 56.4 Å². The maximum Gasteiger partial charge on any atom is 0.188 e. The predicted molar refractivity (Wildman–Crippen MR) is 160 cm³/mol. The molecular weight excluding hydrogens is 506 g/mol. The molecule has 0 N–H and O–H groups in total. The highest BCUT2D eigenvalue weighted by Crippen LogP contribution is 2.56. The van der Waals surface area contributed by atoms with Crippen LogP contribution in [0.1, 0.15) is 20.8 Å². The highest BCUT2D eigenvalue weighted by Gasteiger charge is 2.59. The zero-order valence-electron chi connectivity index (χ0n) is 22.1. The minimum atomic E-state index is -0.779. The average Bonchev–Trinajstić information content (AvgIpc) is 3.43.